The van der Waals surface area contributed by atoms with Crippen LogP contribution in [0.2, 0.25) is 0 Å². The molecule has 13 heavy (non-hydrogen) atoms. The summed E-state index contributed by atoms with van der Waals surface area (Å²) >= 11 is 6.29. The topological polar surface area (TPSA) is 36.3 Å². The molecule has 0 unspecified atom stereocenters. The molecule has 0 aromatic carbocycles. The molecule has 2 fully saturated rings. The van der Waals surface area contributed by atoms with Gasteiger partial charge in [-0.25, -0.2) is 0 Å². The fourth-order valence-electron chi connectivity index (χ4n) is 2.49. The van der Waals surface area contributed by atoms with E-state index in [0.717, 1.165) is 12.8 Å². The lowest BCUT2D eigenvalue weighted by molar-refractivity contribution is 0.197. The van der Waals surface area contributed by atoms with Crippen LogP contribution >= 0.6 is 11.6 Å². The molecule has 0 amide bonds. The minimum atomic E-state index is -0.742. The second-order valence-electron chi connectivity index (χ2n) is 4.95. The van der Waals surface area contributed by atoms with Crippen molar-refractivity contribution in [3.63, 3.8) is 0 Å². The molecule has 1 heterocycles. The molecule has 1 saturated heterocycles. The molecule has 2 rings (SSSR count). The average molecular weight is 200 g/mol. The van der Waals surface area contributed by atoms with Crippen molar-refractivity contribution in [1.82, 2.24) is 0 Å². The molecule has 0 aromatic heterocycles. The highest BCUT2D eigenvalue weighted by atomic mass is 35.5. The Morgan fingerprint density at radius 2 is 2.00 bits per heavy atom. The van der Waals surface area contributed by atoms with E-state index in [-0.39, 0.29) is 17.1 Å². The van der Waals surface area contributed by atoms with Crippen LogP contribution in [0.5, 0.6) is 0 Å². The Morgan fingerprint density at radius 1 is 1.38 bits per heavy atom. The van der Waals surface area contributed by atoms with Gasteiger partial charge in [0, 0.05) is 5.41 Å². The van der Waals surface area contributed by atoms with Crippen LogP contribution in [-0.4, -0.2) is 16.6 Å². The quantitative estimate of drug-likeness (QED) is 0.444. The number of alkyl halides is 1. The standard InChI is InChI=1S/C10H14ClNO/c1-8(2)7-9(3,13-7)4-5-10(8,11)6-12/h7H,4-5H2,1-3H3/t7-,9+,10-/m1/s1. The van der Waals surface area contributed by atoms with Gasteiger partial charge in [-0.15, -0.1) is 11.6 Å². The van der Waals surface area contributed by atoms with Crippen LogP contribution in [0.25, 0.3) is 0 Å². The van der Waals surface area contributed by atoms with Gasteiger partial charge in [-0.2, -0.15) is 5.26 Å². The van der Waals surface area contributed by atoms with Gasteiger partial charge in [0.15, 0.2) is 0 Å². The maximum atomic E-state index is 9.07. The zero-order valence-corrected chi connectivity index (χ0v) is 8.98. The van der Waals surface area contributed by atoms with E-state index in [2.05, 4.69) is 13.0 Å². The third kappa shape index (κ3) is 0.978. The number of halogens is 1. The van der Waals surface area contributed by atoms with Gasteiger partial charge in [0.1, 0.15) is 4.87 Å². The van der Waals surface area contributed by atoms with Crippen molar-refractivity contribution in [2.24, 2.45) is 5.41 Å². The lowest BCUT2D eigenvalue weighted by atomic mass is 9.65. The zero-order valence-electron chi connectivity index (χ0n) is 8.22. The van der Waals surface area contributed by atoms with E-state index >= 15 is 0 Å². The van der Waals surface area contributed by atoms with Crippen molar-refractivity contribution in [3.8, 4) is 6.07 Å². The normalized spacial score (nSPS) is 52.1. The largest absolute Gasteiger partial charge is 0.366 e. The van der Waals surface area contributed by atoms with Gasteiger partial charge in [-0.05, 0) is 19.8 Å². The summed E-state index contributed by atoms with van der Waals surface area (Å²) in [5.41, 5.74) is -0.241. The number of hydrogen-bond acceptors (Lipinski definition) is 2. The van der Waals surface area contributed by atoms with E-state index in [1.165, 1.54) is 0 Å². The van der Waals surface area contributed by atoms with E-state index in [1.54, 1.807) is 0 Å². The fraction of sp³-hybridized carbons (Fsp3) is 0.900. The fourth-order valence-corrected chi connectivity index (χ4v) is 2.68. The molecule has 2 aliphatic rings. The molecule has 72 valence electrons. The summed E-state index contributed by atoms with van der Waals surface area (Å²) in [4.78, 5) is -0.742. The SMILES string of the molecule is CC1(C)[C@H]2O[C@@]2(C)CC[C@@]1(Cl)C#N. The Hall–Kier alpha value is -0.260. The smallest absolute Gasteiger partial charge is 0.138 e. The summed E-state index contributed by atoms with van der Waals surface area (Å²) in [5, 5.41) is 9.07. The van der Waals surface area contributed by atoms with Crippen molar-refractivity contribution in [2.75, 3.05) is 0 Å². The molecule has 0 aromatic rings. The van der Waals surface area contributed by atoms with Gasteiger partial charge in [-0.3, -0.25) is 0 Å². The van der Waals surface area contributed by atoms with Crippen LogP contribution < -0.4 is 0 Å². The maximum Gasteiger partial charge on any atom is 0.138 e. The van der Waals surface area contributed by atoms with E-state index in [9.17, 15) is 0 Å². The van der Waals surface area contributed by atoms with Gasteiger partial charge in [-0.1, -0.05) is 13.8 Å². The minimum absolute atomic E-state index is 0.00125. The molecule has 3 atom stereocenters. The first-order chi connectivity index (χ1) is 5.86. The third-order valence-electron chi connectivity index (χ3n) is 3.70. The van der Waals surface area contributed by atoms with Crippen LogP contribution in [0, 0.1) is 16.7 Å². The number of epoxide rings is 1. The Kier molecular flexibility index (Phi) is 1.58. The molecule has 1 aliphatic carbocycles. The Labute approximate surface area is 83.8 Å². The monoisotopic (exact) mass is 199 g/mol. The van der Waals surface area contributed by atoms with E-state index in [0.29, 0.717) is 0 Å². The molecule has 0 N–H and O–H groups in total. The molecule has 2 nitrogen and oxygen atoms in total. The first-order valence-electron chi connectivity index (χ1n) is 4.64. The van der Waals surface area contributed by atoms with Gasteiger partial charge in [0.2, 0.25) is 0 Å². The van der Waals surface area contributed by atoms with Gasteiger partial charge < -0.3 is 4.74 Å². The van der Waals surface area contributed by atoms with Crippen LogP contribution in [0.4, 0.5) is 0 Å². The highest BCUT2D eigenvalue weighted by Crippen LogP contribution is 2.61. The predicted octanol–water partition coefficient (Wildman–Crippen LogP) is 2.47. The van der Waals surface area contributed by atoms with Crippen molar-refractivity contribution < 1.29 is 4.74 Å². The highest BCUT2D eigenvalue weighted by molar-refractivity contribution is 6.26. The number of ether oxygens (including phenoxy) is 1. The Bertz CT molecular complexity index is 296. The Morgan fingerprint density at radius 3 is 2.54 bits per heavy atom. The van der Waals surface area contributed by atoms with Crippen LogP contribution in [-0.2, 0) is 4.74 Å². The van der Waals surface area contributed by atoms with Crippen molar-refractivity contribution >= 4 is 11.6 Å². The average Bonchev–Trinajstić information content (AvgIpc) is 2.74. The second kappa shape index (κ2) is 2.21. The summed E-state index contributed by atoms with van der Waals surface area (Å²) in [6, 6.07) is 2.23. The second-order valence-corrected chi connectivity index (χ2v) is 5.59. The summed E-state index contributed by atoms with van der Waals surface area (Å²) in [5.74, 6) is 0. The lowest BCUT2D eigenvalue weighted by Gasteiger charge is -2.40. The van der Waals surface area contributed by atoms with Crippen molar-refractivity contribution in [1.29, 1.82) is 5.26 Å². The summed E-state index contributed by atoms with van der Waals surface area (Å²) in [6.45, 7) is 6.16. The van der Waals surface area contributed by atoms with Crippen molar-refractivity contribution in [2.45, 2.75) is 50.2 Å². The minimum Gasteiger partial charge on any atom is -0.366 e. The van der Waals surface area contributed by atoms with E-state index in [1.807, 2.05) is 13.8 Å². The number of rotatable bonds is 0. The van der Waals surface area contributed by atoms with Gasteiger partial charge in [0.05, 0.1) is 17.8 Å². The summed E-state index contributed by atoms with van der Waals surface area (Å²) in [6.07, 6.45) is 1.79. The molecular weight excluding hydrogens is 186 g/mol. The van der Waals surface area contributed by atoms with E-state index < -0.39 is 4.87 Å². The number of nitriles is 1. The molecule has 3 heteroatoms. The van der Waals surface area contributed by atoms with Gasteiger partial charge >= 0.3 is 0 Å². The first-order valence-corrected chi connectivity index (χ1v) is 5.01. The highest BCUT2D eigenvalue weighted by Gasteiger charge is 2.69. The van der Waals surface area contributed by atoms with Gasteiger partial charge in [0.25, 0.3) is 0 Å². The Balaban J connectivity index is 2.34. The van der Waals surface area contributed by atoms with Crippen LogP contribution in [0.15, 0.2) is 0 Å². The lowest BCUT2D eigenvalue weighted by Crippen LogP contribution is -2.48. The molecular formula is C10H14ClNO. The molecule has 1 saturated carbocycles. The maximum absolute atomic E-state index is 9.07. The summed E-state index contributed by atoms with van der Waals surface area (Å²) < 4.78 is 5.64. The predicted molar refractivity (Wildman–Crippen MR) is 50.5 cm³/mol. The molecule has 1 aliphatic heterocycles. The molecule has 0 bridgehead atoms. The number of hydrogen-bond donors (Lipinski definition) is 0. The molecule has 0 spiro atoms. The number of fused-ring (bicyclic) bond motifs is 1. The third-order valence-corrected chi connectivity index (χ3v) is 4.46. The molecule has 0 radical (unpaired) electrons. The zero-order chi connectivity index (χ0) is 9.91. The van der Waals surface area contributed by atoms with E-state index in [4.69, 9.17) is 21.6 Å². The summed E-state index contributed by atoms with van der Waals surface area (Å²) in [7, 11) is 0. The first kappa shape index (κ1) is 9.30. The van der Waals surface area contributed by atoms with Crippen molar-refractivity contribution in [3.05, 3.63) is 0 Å². The van der Waals surface area contributed by atoms with Crippen LogP contribution in [0.1, 0.15) is 33.6 Å². The van der Waals surface area contributed by atoms with Crippen LogP contribution in [0.3, 0.4) is 0 Å². The number of nitrogens with zero attached hydrogens (tertiary/aromatic N) is 1.